The number of benzene rings is 1. The van der Waals surface area contributed by atoms with Gasteiger partial charge in [0.2, 0.25) is 0 Å². The standard InChI is InChI=1S/C12H13NOS/c1-9-13-11(8-15-9)5-2-10-3-6-12(14)7-4-10/h3-4,6-8,14H,2,5H2,1H3. The van der Waals surface area contributed by atoms with E-state index in [-0.39, 0.29) is 0 Å². The van der Waals surface area contributed by atoms with Crippen LogP contribution in [0.4, 0.5) is 0 Å². The number of nitrogens with zero attached hydrogens (tertiary/aromatic N) is 1. The Balaban J connectivity index is 1.96. The third-order valence-corrected chi connectivity index (χ3v) is 3.10. The molecule has 0 saturated carbocycles. The molecule has 0 atom stereocenters. The molecule has 1 N–H and O–H groups in total. The molecule has 0 bridgehead atoms. The molecule has 1 heterocycles. The van der Waals surface area contributed by atoms with Gasteiger partial charge in [0.25, 0.3) is 0 Å². The van der Waals surface area contributed by atoms with Crippen molar-refractivity contribution < 1.29 is 5.11 Å². The first kappa shape index (κ1) is 10.2. The van der Waals surface area contributed by atoms with Crippen molar-refractivity contribution in [3.8, 4) is 5.75 Å². The van der Waals surface area contributed by atoms with Crippen molar-refractivity contribution in [3.05, 3.63) is 45.9 Å². The Morgan fingerprint density at radius 2 is 1.93 bits per heavy atom. The van der Waals surface area contributed by atoms with E-state index in [1.54, 1.807) is 23.5 Å². The SMILES string of the molecule is Cc1nc(CCc2ccc(O)cc2)cs1. The number of phenols is 1. The number of thiazole rings is 1. The molecule has 0 aliphatic heterocycles. The highest BCUT2D eigenvalue weighted by molar-refractivity contribution is 7.09. The Morgan fingerprint density at radius 1 is 1.20 bits per heavy atom. The summed E-state index contributed by atoms with van der Waals surface area (Å²) in [5.41, 5.74) is 2.39. The highest BCUT2D eigenvalue weighted by atomic mass is 32.1. The smallest absolute Gasteiger partial charge is 0.115 e. The fraction of sp³-hybridized carbons (Fsp3) is 0.250. The second-order valence-corrected chi connectivity index (χ2v) is 4.59. The summed E-state index contributed by atoms with van der Waals surface area (Å²) in [6, 6.07) is 7.35. The Labute approximate surface area is 93.2 Å². The minimum atomic E-state index is 0.322. The highest BCUT2D eigenvalue weighted by Gasteiger charge is 1.99. The molecule has 0 saturated heterocycles. The molecule has 0 radical (unpaired) electrons. The van der Waals surface area contributed by atoms with Gasteiger partial charge in [-0.2, -0.15) is 0 Å². The summed E-state index contributed by atoms with van der Waals surface area (Å²) in [4.78, 5) is 4.41. The molecule has 0 fully saturated rings. The van der Waals surface area contributed by atoms with E-state index in [9.17, 15) is 0 Å². The second-order valence-electron chi connectivity index (χ2n) is 3.52. The summed E-state index contributed by atoms with van der Waals surface area (Å²) in [6.07, 6.45) is 1.94. The topological polar surface area (TPSA) is 33.1 Å². The summed E-state index contributed by atoms with van der Waals surface area (Å²) in [5, 5.41) is 12.4. The Morgan fingerprint density at radius 3 is 2.53 bits per heavy atom. The van der Waals surface area contributed by atoms with Crippen LogP contribution in [0.5, 0.6) is 5.75 Å². The van der Waals surface area contributed by atoms with Crippen LogP contribution < -0.4 is 0 Å². The van der Waals surface area contributed by atoms with Crippen molar-refractivity contribution in [2.75, 3.05) is 0 Å². The lowest BCUT2D eigenvalue weighted by Crippen LogP contribution is -1.91. The maximum atomic E-state index is 9.13. The zero-order valence-corrected chi connectivity index (χ0v) is 9.42. The third kappa shape index (κ3) is 2.80. The van der Waals surface area contributed by atoms with E-state index in [1.807, 2.05) is 19.1 Å². The molecular formula is C12H13NOS. The lowest BCUT2D eigenvalue weighted by Gasteiger charge is -1.99. The number of aromatic hydroxyl groups is 1. The van der Waals surface area contributed by atoms with Crippen LogP contribution in [0, 0.1) is 6.92 Å². The van der Waals surface area contributed by atoms with E-state index in [4.69, 9.17) is 5.11 Å². The molecule has 78 valence electrons. The molecule has 0 aliphatic rings. The van der Waals surface area contributed by atoms with Gasteiger partial charge in [0.1, 0.15) is 5.75 Å². The van der Waals surface area contributed by atoms with Crippen molar-refractivity contribution in [1.29, 1.82) is 0 Å². The monoisotopic (exact) mass is 219 g/mol. The highest BCUT2D eigenvalue weighted by Crippen LogP contribution is 2.13. The summed E-state index contributed by atoms with van der Waals surface area (Å²) in [6.45, 7) is 2.02. The van der Waals surface area contributed by atoms with Crippen molar-refractivity contribution in [3.63, 3.8) is 0 Å². The molecule has 1 aromatic heterocycles. The predicted octanol–water partition coefficient (Wildman–Crippen LogP) is 2.94. The van der Waals surface area contributed by atoms with Crippen molar-refractivity contribution in [2.24, 2.45) is 0 Å². The molecule has 2 aromatic rings. The number of hydrogen-bond acceptors (Lipinski definition) is 3. The van der Waals surface area contributed by atoms with Crippen LogP contribution in [-0.2, 0) is 12.8 Å². The first-order valence-electron chi connectivity index (χ1n) is 4.93. The minimum Gasteiger partial charge on any atom is -0.508 e. The zero-order chi connectivity index (χ0) is 10.7. The van der Waals surface area contributed by atoms with Crippen LogP contribution in [0.1, 0.15) is 16.3 Å². The molecule has 2 rings (SSSR count). The third-order valence-electron chi connectivity index (χ3n) is 2.27. The van der Waals surface area contributed by atoms with Gasteiger partial charge < -0.3 is 5.11 Å². The van der Waals surface area contributed by atoms with E-state index in [2.05, 4.69) is 10.4 Å². The molecule has 0 spiro atoms. The summed E-state index contributed by atoms with van der Waals surface area (Å²) >= 11 is 1.69. The van der Waals surface area contributed by atoms with Crippen LogP contribution >= 0.6 is 11.3 Å². The first-order valence-corrected chi connectivity index (χ1v) is 5.81. The predicted molar refractivity (Wildman–Crippen MR) is 62.4 cm³/mol. The molecule has 0 amide bonds. The van der Waals surface area contributed by atoms with Crippen LogP contribution in [0.3, 0.4) is 0 Å². The summed E-state index contributed by atoms with van der Waals surface area (Å²) in [7, 11) is 0. The fourth-order valence-corrected chi connectivity index (χ4v) is 2.11. The van der Waals surface area contributed by atoms with Crippen LogP contribution in [0.2, 0.25) is 0 Å². The van der Waals surface area contributed by atoms with Crippen LogP contribution in [-0.4, -0.2) is 10.1 Å². The van der Waals surface area contributed by atoms with Gasteiger partial charge in [-0.05, 0) is 37.5 Å². The van der Waals surface area contributed by atoms with Gasteiger partial charge in [0.15, 0.2) is 0 Å². The lowest BCUT2D eigenvalue weighted by molar-refractivity contribution is 0.475. The van der Waals surface area contributed by atoms with Gasteiger partial charge in [-0.3, -0.25) is 0 Å². The zero-order valence-electron chi connectivity index (χ0n) is 8.60. The van der Waals surface area contributed by atoms with Crippen molar-refractivity contribution >= 4 is 11.3 Å². The quantitative estimate of drug-likeness (QED) is 0.861. The largest absolute Gasteiger partial charge is 0.508 e. The van der Waals surface area contributed by atoms with Gasteiger partial charge in [-0.15, -0.1) is 11.3 Å². The number of rotatable bonds is 3. The van der Waals surface area contributed by atoms with Gasteiger partial charge in [-0.25, -0.2) is 4.98 Å². The minimum absolute atomic E-state index is 0.322. The van der Waals surface area contributed by atoms with Gasteiger partial charge in [-0.1, -0.05) is 12.1 Å². The van der Waals surface area contributed by atoms with E-state index in [0.717, 1.165) is 23.5 Å². The summed E-state index contributed by atoms with van der Waals surface area (Å²) in [5.74, 6) is 0.322. The van der Waals surface area contributed by atoms with E-state index in [0.29, 0.717) is 5.75 Å². The van der Waals surface area contributed by atoms with Crippen molar-refractivity contribution in [1.82, 2.24) is 4.98 Å². The second kappa shape index (κ2) is 4.45. The van der Waals surface area contributed by atoms with E-state index in [1.165, 1.54) is 5.56 Å². The molecule has 0 unspecified atom stereocenters. The maximum absolute atomic E-state index is 9.13. The molecule has 2 nitrogen and oxygen atoms in total. The number of hydrogen-bond donors (Lipinski definition) is 1. The normalized spacial score (nSPS) is 10.5. The van der Waals surface area contributed by atoms with Crippen LogP contribution in [0.15, 0.2) is 29.6 Å². The first-order chi connectivity index (χ1) is 7.24. The van der Waals surface area contributed by atoms with Crippen molar-refractivity contribution in [2.45, 2.75) is 19.8 Å². The average molecular weight is 219 g/mol. The van der Waals surface area contributed by atoms with Gasteiger partial charge in [0.05, 0.1) is 10.7 Å². The van der Waals surface area contributed by atoms with Gasteiger partial charge in [0, 0.05) is 5.38 Å². The Hall–Kier alpha value is -1.35. The molecule has 0 aliphatic carbocycles. The van der Waals surface area contributed by atoms with Crippen LogP contribution in [0.25, 0.3) is 0 Å². The van der Waals surface area contributed by atoms with E-state index >= 15 is 0 Å². The number of aryl methyl sites for hydroxylation is 3. The number of aromatic nitrogens is 1. The molecule has 3 heteroatoms. The Bertz CT molecular complexity index is 433. The Kier molecular flexibility index (Phi) is 3.02. The maximum Gasteiger partial charge on any atom is 0.115 e. The summed E-state index contributed by atoms with van der Waals surface area (Å²) < 4.78 is 0. The molecule has 1 aromatic carbocycles. The molecule has 15 heavy (non-hydrogen) atoms. The van der Waals surface area contributed by atoms with Gasteiger partial charge >= 0.3 is 0 Å². The number of phenolic OH excluding ortho intramolecular Hbond substituents is 1. The fourth-order valence-electron chi connectivity index (χ4n) is 1.46. The molecular weight excluding hydrogens is 206 g/mol. The average Bonchev–Trinajstić information content (AvgIpc) is 2.64. The lowest BCUT2D eigenvalue weighted by atomic mass is 10.1. The van der Waals surface area contributed by atoms with E-state index < -0.39 is 0 Å².